The average molecular weight is 206 g/mol. The van der Waals surface area contributed by atoms with Crippen LogP contribution in [0.3, 0.4) is 0 Å². The summed E-state index contributed by atoms with van der Waals surface area (Å²) in [6.07, 6.45) is 4.15. The Balaban J connectivity index is 2.71. The van der Waals surface area contributed by atoms with E-state index in [1.54, 1.807) is 6.92 Å². The van der Waals surface area contributed by atoms with Crippen LogP contribution < -0.4 is 0 Å². The summed E-state index contributed by atoms with van der Waals surface area (Å²) in [6, 6.07) is 0. The molecular weight excluding hydrogens is 188 g/mol. The highest BCUT2D eigenvalue weighted by atomic mass is 32.2. The zero-order valence-corrected chi connectivity index (χ0v) is 8.89. The average Bonchev–Trinajstić information content (AvgIpc) is 2.58. The fourth-order valence-electron chi connectivity index (χ4n) is 2.10. The van der Waals surface area contributed by atoms with E-state index in [1.165, 1.54) is 0 Å². The molecule has 0 saturated heterocycles. The van der Waals surface area contributed by atoms with Crippen LogP contribution >= 0.6 is 0 Å². The predicted molar refractivity (Wildman–Crippen MR) is 52.3 cm³/mol. The topological polar surface area (TPSA) is 54.4 Å². The van der Waals surface area contributed by atoms with Gasteiger partial charge in [0.15, 0.2) is 9.84 Å². The van der Waals surface area contributed by atoms with Crippen LogP contribution in [0.4, 0.5) is 0 Å². The highest BCUT2D eigenvalue weighted by Gasteiger charge is 2.33. The van der Waals surface area contributed by atoms with Crippen molar-refractivity contribution in [2.45, 2.75) is 37.9 Å². The Morgan fingerprint density at radius 2 is 1.92 bits per heavy atom. The lowest BCUT2D eigenvalue weighted by Crippen LogP contribution is -2.33. The van der Waals surface area contributed by atoms with E-state index in [0.29, 0.717) is 0 Å². The quantitative estimate of drug-likeness (QED) is 0.745. The largest absolute Gasteiger partial charge is 0.395 e. The van der Waals surface area contributed by atoms with Gasteiger partial charge in [0.2, 0.25) is 0 Å². The Morgan fingerprint density at radius 1 is 1.38 bits per heavy atom. The number of rotatable bonds is 4. The molecule has 3 nitrogen and oxygen atoms in total. The summed E-state index contributed by atoms with van der Waals surface area (Å²) in [7, 11) is -3.04. The maximum Gasteiger partial charge on any atom is 0.155 e. The molecule has 0 amide bonds. The summed E-state index contributed by atoms with van der Waals surface area (Å²) >= 11 is 0. The summed E-state index contributed by atoms with van der Waals surface area (Å²) < 4.78 is 23.1. The Labute approximate surface area is 80.1 Å². The summed E-state index contributed by atoms with van der Waals surface area (Å²) in [5.74, 6) is 0.351. The van der Waals surface area contributed by atoms with Crippen LogP contribution in [0, 0.1) is 5.92 Å². The van der Waals surface area contributed by atoms with Crippen LogP contribution in [0.2, 0.25) is 0 Å². The lowest BCUT2D eigenvalue weighted by molar-refractivity contribution is 0.260. The van der Waals surface area contributed by atoms with Crippen molar-refractivity contribution < 1.29 is 13.5 Å². The van der Waals surface area contributed by atoms with Gasteiger partial charge in [0.25, 0.3) is 0 Å². The third-order valence-electron chi connectivity index (χ3n) is 2.97. The molecule has 1 aliphatic carbocycles. The lowest BCUT2D eigenvalue weighted by Gasteiger charge is -2.20. The minimum absolute atomic E-state index is 0.148. The summed E-state index contributed by atoms with van der Waals surface area (Å²) in [5, 5.41) is 8.57. The van der Waals surface area contributed by atoms with E-state index in [-0.39, 0.29) is 18.3 Å². The molecular formula is C9H18O3S. The minimum atomic E-state index is -3.04. The zero-order valence-electron chi connectivity index (χ0n) is 8.07. The Hall–Kier alpha value is -0.0900. The maximum atomic E-state index is 11.6. The first kappa shape index (κ1) is 11.0. The van der Waals surface area contributed by atoms with Crippen molar-refractivity contribution in [1.82, 2.24) is 0 Å². The fraction of sp³-hybridized carbons (Fsp3) is 1.00. The molecule has 1 N–H and O–H groups in total. The molecule has 0 aromatic carbocycles. The molecule has 13 heavy (non-hydrogen) atoms. The van der Waals surface area contributed by atoms with E-state index in [0.717, 1.165) is 25.7 Å². The molecule has 0 aromatic heterocycles. The third-order valence-corrected chi connectivity index (χ3v) is 5.23. The standard InChI is InChI=1S/C9H18O3S/c1-2-13(11,12)9(7-10)8-5-3-4-6-8/h8-10H,2-7H2,1H3. The van der Waals surface area contributed by atoms with Crippen molar-refractivity contribution in [3.8, 4) is 0 Å². The van der Waals surface area contributed by atoms with Crippen molar-refractivity contribution in [2.75, 3.05) is 12.4 Å². The Morgan fingerprint density at radius 3 is 2.31 bits per heavy atom. The second kappa shape index (κ2) is 4.42. The summed E-state index contributed by atoms with van der Waals surface area (Å²) in [5.41, 5.74) is 0. The Kier molecular flexibility index (Phi) is 3.74. The van der Waals surface area contributed by atoms with Gasteiger partial charge in [0.1, 0.15) is 0 Å². The highest BCUT2D eigenvalue weighted by molar-refractivity contribution is 7.92. The lowest BCUT2D eigenvalue weighted by atomic mass is 10.0. The second-order valence-electron chi connectivity index (χ2n) is 3.72. The van der Waals surface area contributed by atoms with Crippen molar-refractivity contribution in [3.63, 3.8) is 0 Å². The molecule has 1 aliphatic rings. The molecule has 0 radical (unpaired) electrons. The predicted octanol–water partition coefficient (Wildman–Crippen LogP) is 0.972. The van der Waals surface area contributed by atoms with Gasteiger partial charge >= 0.3 is 0 Å². The molecule has 0 heterocycles. The van der Waals surface area contributed by atoms with Crippen LogP contribution in [0.1, 0.15) is 32.6 Å². The number of hydrogen-bond acceptors (Lipinski definition) is 3. The monoisotopic (exact) mass is 206 g/mol. The van der Waals surface area contributed by atoms with Crippen LogP contribution in [0.15, 0.2) is 0 Å². The van der Waals surface area contributed by atoms with Crippen molar-refractivity contribution in [2.24, 2.45) is 5.92 Å². The van der Waals surface area contributed by atoms with Crippen molar-refractivity contribution >= 4 is 9.84 Å². The maximum absolute atomic E-state index is 11.6. The van der Waals surface area contributed by atoms with Gasteiger partial charge in [-0.2, -0.15) is 0 Å². The first-order valence-corrected chi connectivity index (χ1v) is 6.65. The minimum Gasteiger partial charge on any atom is -0.395 e. The van der Waals surface area contributed by atoms with Crippen LogP contribution in [0.25, 0.3) is 0 Å². The highest BCUT2D eigenvalue weighted by Crippen LogP contribution is 2.31. The molecule has 1 saturated carbocycles. The smallest absolute Gasteiger partial charge is 0.155 e. The molecule has 1 atom stereocenters. The first-order valence-electron chi connectivity index (χ1n) is 4.94. The van der Waals surface area contributed by atoms with E-state index in [4.69, 9.17) is 5.11 Å². The van der Waals surface area contributed by atoms with Gasteiger partial charge in [-0.15, -0.1) is 0 Å². The number of hydrogen-bond donors (Lipinski definition) is 1. The Bertz CT molecular complexity index is 240. The van der Waals surface area contributed by atoms with E-state index in [1.807, 2.05) is 0 Å². The molecule has 0 aliphatic heterocycles. The molecule has 4 heteroatoms. The van der Waals surface area contributed by atoms with Crippen molar-refractivity contribution in [1.29, 1.82) is 0 Å². The molecule has 1 fully saturated rings. The molecule has 0 spiro atoms. The van der Waals surface area contributed by atoms with E-state index in [2.05, 4.69) is 0 Å². The van der Waals surface area contributed by atoms with Gasteiger partial charge in [-0.25, -0.2) is 8.42 Å². The van der Waals surface area contributed by atoms with Gasteiger partial charge < -0.3 is 5.11 Å². The van der Waals surface area contributed by atoms with E-state index < -0.39 is 15.1 Å². The number of aliphatic hydroxyl groups excluding tert-OH is 1. The van der Waals surface area contributed by atoms with Gasteiger partial charge in [0, 0.05) is 5.75 Å². The van der Waals surface area contributed by atoms with Gasteiger partial charge in [0.05, 0.1) is 11.9 Å². The fourth-order valence-corrected chi connectivity index (χ4v) is 3.61. The van der Waals surface area contributed by atoms with Crippen LogP contribution in [0.5, 0.6) is 0 Å². The normalized spacial score (nSPS) is 22.0. The van der Waals surface area contributed by atoms with Gasteiger partial charge in [-0.1, -0.05) is 19.8 Å². The first-order chi connectivity index (χ1) is 6.11. The summed E-state index contributed by atoms with van der Waals surface area (Å²) in [6.45, 7) is 1.44. The number of aliphatic hydroxyl groups is 1. The molecule has 78 valence electrons. The van der Waals surface area contributed by atoms with E-state index >= 15 is 0 Å². The summed E-state index contributed by atoms with van der Waals surface area (Å²) in [4.78, 5) is 0. The molecule has 0 bridgehead atoms. The van der Waals surface area contributed by atoms with Crippen LogP contribution in [-0.2, 0) is 9.84 Å². The van der Waals surface area contributed by atoms with E-state index in [9.17, 15) is 8.42 Å². The zero-order chi connectivity index (χ0) is 9.90. The third kappa shape index (κ3) is 2.44. The van der Waals surface area contributed by atoms with Crippen molar-refractivity contribution in [3.05, 3.63) is 0 Å². The van der Waals surface area contributed by atoms with Gasteiger partial charge in [-0.3, -0.25) is 0 Å². The SMILES string of the molecule is CCS(=O)(=O)C(CO)C1CCCC1. The number of sulfone groups is 1. The molecule has 1 rings (SSSR count). The van der Waals surface area contributed by atoms with Gasteiger partial charge in [-0.05, 0) is 18.8 Å². The molecule has 1 unspecified atom stereocenters. The molecule has 0 aromatic rings. The second-order valence-corrected chi connectivity index (χ2v) is 6.23. The van der Waals surface area contributed by atoms with Crippen LogP contribution in [-0.4, -0.2) is 31.1 Å².